The van der Waals surface area contributed by atoms with Crippen molar-refractivity contribution in [1.82, 2.24) is 10.6 Å². The number of methoxy groups -OCH3 is 1. The maximum atomic E-state index is 12.5. The Balaban J connectivity index is 1.38. The molecule has 0 bridgehead atoms. The standard InChI is InChI=1S/C22H26N2O4/c1-26-14-16-4-2-3-15(11-16)13-23-22(25)24-21(17-5-6-17)18-7-8-19-20(12-18)28-10-9-27-19/h2-4,7-8,11-12,17,21H,5-6,9-10,13-14H2,1H3,(H2,23,24,25). The number of fused-ring (bicyclic) bond motifs is 1. The molecule has 1 heterocycles. The lowest BCUT2D eigenvalue weighted by Crippen LogP contribution is -2.38. The molecule has 1 fully saturated rings. The van der Waals surface area contributed by atoms with Crippen molar-refractivity contribution >= 4 is 6.03 Å². The fraction of sp³-hybridized carbons (Fsp3) is 0.409. The third-order valence-corrected chi connectivity index (χ3v) is 5.06. The van der Waals surface area contributed by atoms with Crippen molar-refractivity contribution in [2.75, 3.05) is 20.3 Å². The van der Waals surface area contributed by atoms with Crippen LogP contribution < -0.4 is 20.1 Å². The van der Waals surface area contributed by atoms with Crippen LogP contribution in [0.25, 0.3) is 0 Å². The molecule has 2 N–H and O–H groups in total. The van der Waals surface area contributed by atoms with Gasteiger partial charge >= 0.3 is 6.03 Å². The molecule has 6 nitrogen and oxygen atoms in total. The minimum absolute atomic E-state index is 0.0179. The van der Waals surface area contributed by atoms with Crippen LogP contribution in [0.3, 0.4) is 0 Å². The van der Waals surface area contributed by atoms with E-state index in [9.17, 15) is 4.79 Å². The predicted octanol–water partition coefficient (Wildman–Crippen LogP) is 3.55. The van der Waals surface area contributed by atoms with E-state index >= 15 is 0 Å². The molecule has 1 atom stereocenters. The normalized spacial score (nSPS) is 16.3. The molecule has 28 heavy (non-hydrogen) atoms. The summed E-state index contributed by atoms with van der Waals surface area (Å²) in [4.78, 5) is 12.5. The number of carbonyl (C=O) groups is 1. The molecule has 2 amide bonds. The van der Waals surface area contributed by atoms with Gasteiger partial charge in [-0.05, 0) is 47.6 Å². The highest BCUT2D eigenvalue weighted by molar-refractivity contribution is 5.74. The molecule has 1 saturated carbocycles. The fourth-order valence-corrected chi connectivity index (χ4v) is 3.53. The van der Waals surface area contributed by atoms with E-state index in [2.05, 4.69) is 10.6 Å². The maximum Gasteiger partial charge on any atom is 0.315 e. The van der Waals surface area contributed by atoms with E-state index in [0.717, 1.165) is 41.0 Å². The summed E-state index contributed by atoms with van der Waals surface area (Å²) in [6, 6.07) is 13.8. The monoisotopic (exact) mass is 382 g/mol. The van der Waals surface area contributed by atoms with Gasteiger partial charge in [0.15, 0.2) is 11.5 Å². The van der Waals surface area contributed by atoms with Gasteiger partial charge in [0.2, 0.25) is 0 Å². The van der Waals surface area contributed by atoms with E-state index in [0.29, 0.717) is 32.3 Å². The fourth-order valence-electron chi connectivity index (χ4n) is 3.53. The second-order valence-electron chi connectivity index (χ2n) is 7.30. The van der Waals surface area contributed by atoms with Crippen LogP contribution in [0.1, 0.15) is 35.6 Å². The summed E-state index contributed by atoms with van der Waals surface area (Å²) in [7, 11) is 1.67. The molecule has 148 valence electrons. The van der Waals surface area contributed by atoms with Crippen LogP contribution in [-0.4, -0.2) is 26.4 Å². The minimum atomic E-state index is -0.163. The summed E-state index contributed by atoms with van der Waals surface area (Å²) in [5.74, 6) is 2.00. The van der Waals surface area contributed by atoms with Gasteiger partial charge < -0.3 is 24.8 Å². The first-order chi connectivity index (χ1) is 13.7. The van der Waals surface area contributed by atoms with E-state index in [1.54, 1.807) is 7.11 Å². The molecule has 2 aromatic carbocycles. The number of ether oxygens (including phenoxy) is 3. The number of amides is 2. The van der Waals surface area contributed by atoms with Gasteiger partial charge in [-0.2, -0.15) is 0 Å². The summed E-state index contributed by atoms with van der Waals surface area (Å²) in [6.45, 7) is 2.17. The van der Waals surface area contributed by atoms with Gasteiger partial charge in [-0.25, -0.2) is 4.79 Å². The van der Waals surface area contributed by atoms with Crippen molar-refractivity contribution in [3.63, 3.8) is 0 Å². The largest absolute Gasteiger partial charge is 0.486 e. The number of benzene rings is 2. The summed E-state index contributed by atoms with van der Waals surface area (Å²) >= 11 is 0. The second-order valence-corrected chi connectivity index (χ2v) is 7.30. The van der Waals surface area contributed by atoms with Crippen molar-refractivity contribution in [3.8, 4) is 11.5 Å². The van der Waals surface area contributed by atoms with Crippen molar-refractivity contribution in [3.05, 3.63) is 59.2 Å². The lowest BCUT2D eigenvalue weighted by molar-refractivity contribution is 0.171. The van der Waals surface area contributed by atoms with Gasteiger partial charge in [0.1, 0.15) is 13.2 Å². The molecule has 2 aromatic rings. The lowest BCUT2D eigenvalue weighted by atomic mass is 10.0. The number of hydrogen-bond acceptors (Lipinski definition) is 4. The molecular weight excluding hydrogens is 356 g/mol. The van der Waals surface area contributed by atoms with E-state index in [4.69, 9.17) is 14.2 Å². The second kappa shape index (κ2) is 8.52. The quantitative estimate of drug-likeness (QED) is 0.768. The molecule has 0 spiro atoms. The van der Waals surface area contributed by atoms with Crippen molar-refractivity contribution in [1.29, 1.82) is 0 Å². The first kappa shape index (κ1) is 18.6. The zero-order valence-corrected chi connectivity index (χ0v) is 16.1. The van der Waals surface area contributed by atoms with Gasteiger partial charge in [-0.3, -0.25) is 0 Å². The number of nitrogens with one attached hydrogen (secondary N) is 2. The highest BCUT2D eigenvalue weighted by Crippen LogP contribution is 2.43. The Hall–Kier alpha value is -2.73. The zero-order chi connectivity index (χ0) is 19.3. The van der Waals surface area contributed by atoms with Crippen molar-refractivity contribution in [2.45, 2.75) is 32.0 Å². The van der Waals surface area contributed by atoms with E-state index < -0.39 is 0 Å². The first-order valence-corrected chi connectivity index (χ1v) is 9.73. The summed E-state index contributed by atoms with van der Waals surface area (Å²) in [5.41, 5.74) is 3.20. The molecule has 4 rings (SSSR count). The summed E-state index contributed by atoms with van der Waals surface area (Å²) in [6.07, 6.45) is 2.25. The van der Waals surface area contributed by atoms with Gasteiger partial charge in [0.25, 0.3) is 0 Å². The Morgan fingerprint density at radius 3 is 2.68 bits per heavy atom. The molecule has 6 heteroatoms. The SMILES string of the molecule is COCc1cccc(CNC(=O)NC(c2ccc3c(c2)OCCO3)C2CC2)c1. The van der Waals surface area contributed by atoms with Crippen LogP contribution in [-0.2, 0) is 17.9 Å². The first-order valence-electron chi connectivity index (χ1n) is 9.73. The van der Waals surface area contributed by atoms with Gasteiger partial charge in [0, 0.05) is 13.7 Å². The third-order valence-electron chi connectivity index (χ3n) is 5.06. The topological polar surface area (TPSA) is 68.8 Å². The summed E-state index contributed by atoms with van der Waals surface area (Å²) < 4.78 is 16.5. The Morgan fingerprint density at radius 2 is 1.89 bits per heavy atom. The molecule has 0 aromatic heterocycles. The molecule has 1 aliphatic carbocycles. The Labute approximate surface area is 165 Å². The average Bonchev–Trinajstić information content (AvgIpc) is 3.56. The number of hydrogen-bond donors (Lipinski definition) is 2. The van der Waals surface area contributed by atoms with E-state index in [1.807, 2.05) is 42.5 Å². The highest BCUT2D eigenvalue weighted by Gasteiger charge is 2.34. The van der Waals surface area contributed by atoms with Gasteiger partial charge in [-0.1, -0.05) is 30.3 Å². The molecule has 0 saturated heterocycles. The van der Waals surface area contributed by atoms with Crippen LogP contribution in [0.5, 0.6) is 11.5 Å². The molecular formula is C22H26N2O4. The van der Waals surface area contributed by atoms with Gasteiger partial charge in [0.05, 0.1) is 12.6 Å². The highest BCUT2D eigenvalue weighted by atomic mass is 16.6. The van der Waals surface area contributed by atoms with Crippen LogP contribution >= 0.6 is 0 Å². The lowest BCUT2D eigenvalue weighted by Gasteiger charge is -2.23. The van der Waals surface area contributed by atoms with Gasteiger partial charge in [-0.15, -0.1) is 0 Å². The number of urea groups is 1. The van der Waals surface area contributed by atoms with Crippen LogP contribution in [0.2, 0.25) is 0 Å². The molecule has 0 radical (unpaired) electrons. The van der Waals surface area contributed by atoms with E-state index in [1.165, 1.54) is 0 Å². The smallest absolute Gasteiger partial charge is 0.315 e. The zero-order valence-electron chi connectivity index (χ0n) is 16.1. The molecule has 1 aliphatic heterocycles. The van der Waals surface area contributed by atoms with Crippen molar-refractivity contribution in [2.24, 2.45) is 5.92 Å². The number of rotatable bonds is 7. The minimum Gasteiger partial charge on any atom is -0.486 e. The number of carbonyl (C=O) groups excluding carboxylic acids is 1. The Kier molecular flexibility index (Phi) is 5.67. The Bertz CT molecular complexity index is 835. The van der Waals surface area contributed by atoms with Crippen molar-refractivity contribution < 1.29 is 19.0 Å². The predicted molar refractivity (Wildman–Crippen MR) is 105 cm³/mol. The maximum absolute atomic E-state index is 12.5. The Morgan fingerprint density at radius 1 is 1.11 bits per heavy atom. The van der Waals surface area contributed by atoms with Crippen LogP contribution in [0.15, 0.2) is 42.5 Å². The average molecular weight is 382 g/mol. The molecule has 1 unspecified atom stereocenters. The van der Waals surface area contributed by atoms with Crippen LogP contribution in [0.4, 0.5) is 4.79 Å². The molecule has 2 aliphatic rings. The van der Waals surface area contributed by atoms with Crippen LogP contribution in [0, 0.1) is 5.92 Å². The third kappa shape index (κ3) is 4.57. The van der Waals surface area contributed by atoms with E-state index in [-0.39, 0.29) is 12.1 Å². The summed E-state index contributed by atoms with van der Waals surface area (Å²) in [5, 5.41) is 6.11.